The van der Waals surface area contributed by atoms with Crippen LogP contribution in [0.2, 0.25) is 0 Å². The third-order valence-corrected chi connectivity index (χ3v) is 4.81. The highest BCUT2D eigenvalue weighted by Gasteiger charge is 2.44. The van der Waals surface area contributed by atoms with Crippen molar-refractivity contribution in [3.05, 3.63) is 43.8 Å². The lowest BCUT2D eigenvalue weighted by molar-refractivity contribution is 0.0931. The summed E-state index contributed by atoms with van der Waals surface area (Å²) in [5.74, 6) is -0.152. The molecule has 0 bridgehead atoms. The lowest BCUT2D eigenvalue weighted by atomic mass is 9.89. The van der Waals surface area contributed by atoms with E-state index in [4.69, 9.17) is 0 Å². The number of hydrogen-bond donors (Lipinski definition) is 1. The van der Waals surface area contributed by atoms with Gasteiger partial charge in [-0.3, -0.25) is 14.2 Å². The largest absolute Gasteiger partial charge is 0.324 e. The highest BCUT2D eigenvalue weighted by Crippen LogP contribution is 2.36. The summed E-state index contributed by atoms with van der Waals surface area (Å²) in [5.41, 5.74) is 1.81. The zero-order chi connectivity index (χ0) is 14.5. The standard InChI is InChI=1S/C15H17BrN2O2/c1-3-10-5-4-6-15(8-10)17-13(19)12-9(2)7-11(16)14(20)18(12)15/h7-8H,3-6H2,1-2H3,(H,17,19). The monoisotopic (exact) mass is 336 g/mol. The van der Waals surface area contributed by atoms with E-state index in [9.17, 15) is 9.59 Å². The zero-order valence-electron chi connectivity index (χ0n) is 11.6. The summed E-state index contributed by atoms with van der Waals surface area (Å²) in [4.78, 5) is 24.8. The van der Waals surface area contributed by atoms with E-state index in [0.29, 0.717) is 10.2 Å². The third-order valence-electron chi connectivity index (χ3n) is 4.24. The smallest absolute Gasteiger partial charge is 0.270 e. The Morgan fingerprint density at radius 2 is 2.20 bits per heavy atom. The van der Waals surface area contributed by atoms with Crippen molar-refractivity contribution in [2.24, 2.45) is 0 Å². The molecule has 0 aromatic carbocycles. The third kappa shape index (κ3) is 1.79. The molecule has 2 aliphatic rings. The van der Waals surface area contributed by atoms with Crippen LogP contribution in [-0.4, -0.2) is 10.5 Å². The molecule has 2 heterocycles. The van der Waals surface area contributed by atoms with E-state index >= 15 is 0 Å². The molecule has 1 aromatic rings. The number of carbonyl (C=O) groups excluding carboxylic acids is 1. The van der Waals surface area contributed by atoms with Crippen LogP contribution >= 0.6 is 15.9 Å². The van der Waals surface area contributed by atoms with E-state index in [1.807, 2.05) is 6.92 Å². The maximum atomic E-state index is 12.5. The fraction of sp³-hybridized carbons (Fsp3) is 0.467. The van der Waals surface area contributed by atoms with Crippen molar-refractivity contribution in [3.63, 3.8) is 0 Å². The second-order valence-corrected chi connectivity index (χ2v) is 6.41. The van der Waals surface area contributed by atoms with E-state index in [-0.39, 0.29) is 11.5 Å². The number of aromatic nitrogens is 1. The molecule has 5 heteroatoms. The van der Waals surface area contributed by atoms with Gasteiger partial charge in [-0.2, -0.15) is 0 Å². The molecule has 1 aliphatic heterocycles. The molecule has 20 heavy (non-hydrogen) atoms. The van der Waals surface area contributed by atoms with Gasteiger partial charge in [0, 0.05) is 0 Å². The first-order chi connectivity index (χ1) is 9.48. The van der Waals surface area contributed by atoms with Crippen LogP contribution in [0.3, 0.4) is 0 Å². The molecule has 0 saturated carbocycles. The predicted octanol–water partition coefficient (Wildman–Crippen LogP) is 2.84. The minimum Gasteiger partial charge on any atom is -0.324 e. The number of aryl methyl sites for hydroxylation is 1. The highest BCUT2D eigenvalue weighted by atomic mass is 79.9. The van der Waals surface area contributed by atoms with Gasteiger partial charge in [-0.25, -0.2) is 0 Å². The number of fused-ring (bicyclic) bond motifs is 2. The van der Waals surface area contributed by atoms with Crippen molar-refractivity contribution >= 4 is 21.8 Å². The Bertz CT molecular complexity index is 690. The normalized spacial score (nSPS) is 24.6. The van der Waals surface area contributed by atoms with Gasteiger partial charge >= 0.3 is 0 Å². The van der Waals surface area contributed by atoms with E-state index in [0.717, 1.165) is 31.2 Å². The van der Waals surface area contributed by atoms with Crippen LogP contribution < -0.4 is 10.9 Å². The SMILES string of the molecule is CCC1=CC2(CCC1)NC(=O)c1c(C)cc(Br)c(=O)n12. The number of nitrogens with one attached hydrogen (secondary N) is 1. The Balaban J connectivity index is 2.32. The summed E-state index contributed by atoms with van der Waals surface area (Å²) in [6.07, 6.45) is 5.83. The second-order valence-electron chi connectivity index (χ2n) is 5.55. The first kappa shape index (κ1) is 13.6. The summed E-state index contributed by atoms with van der Waals surface area (Å²) >= 11 is 3.31. The minimum absolute atomic E-state index is 0.141. The molecule has 0 saturated heterocycles. The molecule has 0 fully saturated rings. The Morgan fingerprint density at radius 3 is 2.90 bits per heavy atom. The molecular formula is C15H17BrN2O2. The molecule has 1 amide bonds. The van der Waals surface area contributed by atoms with E-state index in [1.54, 1.807) is 10.6 Å². The number of hydrogen-bond acceptors (Lipinski definition) is 2. The van der Waals surface area contributed by atoms with Crippen molar-refractivity contribution in [1.82, 2.24) is 9.88 Å². The fourth-order valence-corrected chi connectivity index (χ4v) is 3.82. The van der Waals surface area contributed by atoms with Crippen LogP contribution in [0.4, 0.5) is 0 Å². The van der Waals surface area contributed by atoms with Crippen molar-refractivity contribution in [2.45, 2.75) is 45.2 Å². The van der Waals surface area contributed by atoms with Gasteiger partial charge in [0.15, 0.2) is 0 Å². The van der Waals surface area contributed by atoms with Crippen LogP contribution in [-0.2, 0) is 5.66 Å². The molecule has 106 valence electrons. The molecule has 1 atom stereocenters. The van der Waals surface area contributed by atoms with Gasteiger partial charge in [-0.1, -0.05) is 12.5 Å². The molecule has 1 unspecified atom stereocenters. The Hall–Kier alpha value is -1.36. The van der Waals surface area contributed by atoms with Gasteiger partial charge in [-0.15, -0.1) is 0 Å². The highest BCUT2D eigenvalue weighted by molar-refractivity contribution is 9.10. The average molecular weight is 337 g/mol. The number of amides is 1. The average Bonchev–Trinajstić information content (AvgIpc) is 2.69. The van der Waals surface area contributed by atoms with Gasteiger partial charge < -0.3 is 5.32 Å². The molecular weight excluding hydrogens is 320 g/mol. The second kappa shape index (κ2) is 4.58. The quantitative estimate of drug-likeness (QED) is 0.801. The first-order valence-corrected chi connectivity index (χ1v) is 7.73. The molecule has 1 aliphatic carbocycles. The van der Waals surface area contributed by atoms with Crippen LogP contribution in [0.1, 0.15) is 48.7 Å². The van der Waals surface area contributed by atoms with Crippen LogP contribution in [0.5, 0.6) is 0 Å². The molecule has 1 aromatic heterocycles. The molecule has 1 N–H and O–H groups in total. The maximum Gasteiger partial charge on any atom is 0.270 e. The number of halogens is 1. The zero-order valence-corrected chi connectivity index (χ0v) is 13.2. The van der Waals surface area contributed by atoms with Crippen molar-refractivity contribution in [2.75, 3.05) is 0 Å². The van der Waals surface area contributed by atoms with Crippen LogP contribution in [0.15, 0.2) is 27.0 Å². The van der Waals surface area contributed by atoms with E-state index in [1.165, 1.54) is 5.57 Å². The molecule has 0 radical (unpaired) electrons. The van der Waals surface area contributed by atoms with Gasteiger partial charge in [0.1, 0.15) is 11.4 Å². The van der Waals surface area contributed by atoms with Crippen molar-refractivity contribution in [1.29, 1.82) is 0 Å². The number of nitrogens with zero attached hydrogens (tertiary/aromatic N) is 1. The fourth-order valence-electron chi connectivity index (χ4n) is 3.30. The Kier molecular flexibility index (Phi) is 3.12. The Morgan fingerprint density at radius 1 is 1.45 bits per heavy atom. The van der Waals surface area contributed by atoms with Gasteiger partial charge in [0.2, 0.25) is 0 Å². The van der Waals surface area contributed by atoms with Crippen LogP contribution in [0, 0.1) is 6.92 Å². The predicted molar refractivity (Wildman–Crippen MR) is 80.8 cm³/mol. The summed E-state index contributed by atoms with van der Waals surface area (Å²) in [6, 6.07) is 1.72. The van der Waals surface area contributed by atoms with E-state index < -0.39 is 5.66 Å². The Labute approximate surface area is 126 Å². The number of carbonyl (C=O) groups is 1. The number of allylic oxidation sites excluding steroid dienone is 1. The maximum absolute atomic E-state index is 12.5. The lowest BCUT2D eigenvalue weighted by Crippen LogP contribution is -2.47. The number of rotatable bonds is 1. The topological polar surface area (TPSA) is 51.1 Å². The number of pyridine rings is 1. The van der Waals surface area contributed by atoms with Gasteiger partial charge in [-0.05, 0) is 66.2 Å². The lowest BCUT2D eigenvalue weighted by Gasteiger charge is -2.33. The van der Waals surface area contributed by atoms with Crippen molar-refractivity contribution in [3.8, 4) is 0 Å². The molecule has 3 rings (SSSR count). The van der Waals surface area contributed by atoms with E-state index in [2.05, 4.69) is 34.2 Å². The molecule has 4 nitrogen and oxygen atoms in total. The summed E-state index contributed by atoms with van der Waals surface area (Å²) in [5, 5.41) is 3.03. The molecule has 1 spiro atoms. The van der Waals surface area contributed by atoms with Crippen LogP contribution in [0.25, 0.3) is 0 Å². The minimum atomic E-state index is -0.665. The van der Waals surface area contributed by atoms with Gasteiger partial charge in [0.05, 0.1) is 4.47 Å². The first-order valence-electron chi connectivity index (χ1n) is 6.94. The van der Waals surface area contributed by atoms with Crippen molar-refractivity contribution < 1.29 is 4.79 Å². The summed E-state index contributed by atoms with van der Waals surface area (Å²) in [7, 11) is 0. The van der Waals surface area contributed by atoms with Gasteiger partial charge in [0.25, 0.3) is 11.5 Å². The summed E-state index contributed by atoms with van der Waals surface area (Å²) in [6.45, 7) is 3.97. The summed E-state index contributed by atoms with van der Waals surface area (Å²) < 4.78 is 2.15.